The third-order valence-electron chi connectivity index (χ3n) is 5.51. The first-order valence-electron chi connectivity index (χ1n) is 10.0. The van der Waals surface area contributed by atoms with Gasteiger partial charge in [-0.2, -0.15) is 0 Å². The maximum absolute atomic E-state index is 13.0. The second kappa shape index (κ2) is 8.14. The lowest BCUT2D eigenvalue weighted by molar-refractivity contribution is -0.121. The maximum Gasteiger partial charge on any atom is 0.261 e. The molecular formula is C22H25N5O3. The van der Waals surface area contributed by atoms with Gasteiger partial charge in [-0.3, -0.25) is 14.2 Å². The van der Waals surface area contributed by atoms with Crippen LogP contribution in [0.25, 0.3) is 22.0 Å². The van der Waals surface area contributed by atoms with Crippen LogP contribution in [0.2, 0.25) is 0 Å². The fourth-order valence-electron chi connectivity index (χ4n) is 3.47. The zero-order valence-corrected chi connectivity index (χ0v) is 17.3. The van der Waals surface area contributed by atoms with Crippen molar-refractivity contribution in [1.29, 1.82) is 0 Å². The van der Waals surface area contributed by atoms with E-state index in [9.17, 15) is 9.59 Å². The molecule has 1 aliphatic carbocycles. The number of anilines is 1. The first kappa shape index (κ1) is 19.9. The largest absolute Gasteiger partial charge is 0.480 e. The highest BCUT2D eigenvalue weighted by Crippen LogP contribution is 2.29. The van der Waals surface area contributed by atoms with Gasteiger partial charge < -0.3 is 15.4 Å². The monoisotopic (exact) mass is 407 g/mol. The molecule has 2 N–H and O–H groups in total. The van der Waals surface area contributed by atoms with Crippen molar-refractivity contribution in [2.45, 2.75) is 32.4 Å². The number of amides is 1. The fourth-order valence-corrected chi connectivity index (χ4v) is 3.47. The van der Waals surface area contributed by atoms with E-state index in [2.05, 4.69) is 27.5 Å². The van der Waals surface area contributed by atoms with Crippen molar-refractivity contribution in [3.05, 3.63) is 47.1 Å². The highest BCUT2D eigenvalue weighted by Gasteiger charge is 2.33. The van der Waals surface area contributed by atoms with E-state index in [-0.39, 0.29) is 23.9 Å². The van der Waals surface area contributed by atoms with Gasteiger partial charge in [0.05, 0.1) is 30.0 Å². The summed E-state index contributed by atoms with van der Waals surface area (Å²) in [4.78, 5) is 33.8. The quantitative estimate of drug-likeness (QED) is 0.624. The summed E-state index contributed by atoms with van der Waals surface area (Å²) in [6.07, 6.45) is 4.50. The Kier molecular flexibility index (Phi) is 5.39. The van der Waals surface area contributed by atoms with Crippen molar-refractivity contribution < 1.29 is 9.53 Å². The van der Waals surface area contributed by atoms with E-state index in [1.54, 1.807) is 20.4 Å². The maximum atomic E-state index is 13.0. The van der Waals surface area contributed by atoms with Crippen LogP contribution in [0.1, 0.15) is 19.8 Å². The van der Waals surface area contributed by atoms with Crippen LogP contribution < -0.4 is 20.9 Å². The number of benzene rings is 1. The molecule has 2 atom stereocenters. The highest BCUT2D eigenvalue weighted by atomic mass is 16.5. The number of pyridine rings is 1. The number of hydrogen-bond donors (Lipinski definition) is 2. The summed E-state index contributed by atoms with van der Waals surface area (Å²) in [5.74, 6) is 1.02. The van der Waals surface area contributed by atoms with E-state index >= 15 is 0 Å². The lowest BCUT2D eigenvalue weighted by Gasteiger charge is -2.10. The molecule has 1 amide bonds. The van der Waals surface area contributed by atoms with Crippen LogP contribution in [-0.4, -0.2) is 40.6 Å². The highest BCUT2D eigenvalue weighted by molar-refractivity contribution is 5.84. The third kappa shape index (κ3) is 3.98. The summed E-state index contributed by atoms with van der Waals surface area (Å²) in [5, 5.41) is 6.55. The van der Waals surface area contributed by atoms with E-state index in [0.29, 0.717) is 29.2 Å². The molecule has 156 valence electrons. The van der Waals surface area contributed by atoms with Crippen LogP contribution in [0.4, 0.5) is 5.69 Å². The molecule has 0 saturated heterocycles. The number of aryl methyl sites for hydroxylation is 1. The summed E-state index contributed by atoms with van der Waals surface area (Å²) in [6.45, 7) is 2.41. The SMILES string of the molecule is CNc1cc(-c2ccc3ncn(CCC(=O)NC4C[C@@H]4C)c(=O)c3c2)cnc1OC. The first-order valence-corrected chi connectivity index (χ1v) is 10.0. The van der Waals surface area contributed by atoms with Gasteiger partial charge in [0.1, 0.15) is 0 Å². The predicted octanol–water partition coefficient (Wildman–Crippen LogP) is 2.42. The minimum Gasteiger partial charge on any atom is -0.480 e. The Labute approximate surface area is 174 Å². The van der Waals surface area contributed by atoms with Crippen LogP contribution in [0, 0.1) is 5.92 Å². The average Bonchev–Trinajstić information content (AvgIpc) is 3.46. The molecule has 4 rings (SSSR count). The van der Waals surface area contributed by atoms with E-state index in [1.807, 2.05) is 24.3 Å². The first-order chi connectivity index (χ1) is 14.5. The molecule has 30 heavy (non-hydrogen) atoms. The Bertz CT molecular complexity index is 1160. The molecule has 0 spiro atoms. The summed E-state index contributed by atoms with van der Waals surface area (Å²) in [5.41, 5.74) is 2.92. The second-order valence-corrected chi connectivity index (χ2v) is 7.64. The van der Waals surface area contributed by atoms with E-state index < -0.39 is 0 Å². The molecular weight excluding hydrogens is 382 g/mol. The van der Waals surface area contributed by atoms with Gasteiger partial charge >= 0.3 is 0 Å². The number of fused-ring (bicyclic) bond motifs is 1. The third-order valence-corrected chi connectivity index (χ3v) is 5.51. The number of aromatic nitrogens is 3. The molecule has 1 fully saturated rings. The zero-order chi connectivity index (χ0) is 21.3. The molecule has 1 aromatic carbocycles. The number of nitrogens with zero attached hydrogens (tertiary/aromatic N) is 3. The van der Waals surface area contributed by atoms with Crippen LogP contribution in [0.15, 0.2) is 41.6 Å². The Hall–Kier alpha value is -3.42. The number of nitrogens with one attached hydrogen (secondary N) is 2. The lowest BCUT2D eigenvalue weighted by Crippen LogP contribution is -2.29. The van der Waals surface area contributed by atoms with Gasteiger partial charge in [-0.05, 0) is 36.1 Å². The summed E-state index contributed by atoms with van der Waals surface area (Å²) >= 11 is 0. The van der Waals surface area contributed by atoms with Crippen molar-refractivity contribution in [2.75, 3.05) is 19.5 Å². The minimum atomic E-state index is -0.162. The molecule has 1 unspecified atom stereocenters. The number of methoxy groups -OCH3 is 1. The van der Waals surface area contributed by atoms with Gasteiger partial charge in [-0.15, -0.1) is 0 Å². The zero-order valence-electron chi connectivity index (χ0n) is 17.3. The van der Waals surface area contributed by atoms with Crippen LogP contribution in [0.5, 0.6) is 5.88 Å². The molecule has 8 nitrogen and oxygen atoms in total. The molecule has 3 aromatic rings. The average molecular weight is 407 g/mol. The van der Waals surface area contributed by atoms with Crippen LogP contribution in [0.3, 0.4) is 0 Å². The van der Waals surface area contributed by atoms with Gasteiger partial charge in [0.25, 0.3) is 5.56 Å². The Balaban J connectivity index is 1.59. The number of rotatable bonds is 7. The van der Waals surface area contributed by atoms with E-state index in [1.165, 1.54) is 10.9 Å². The normalized spacial score (nSPS) is 17.6. The van der Waals surface area contributed by atoms with Gasteiger partial charge in [-0.25, -0.2) is 9.97 Å². The predicted molar refractivity (Wildman–Crippen MR) is 116 cm³/mol. The van der Waals surface area contributed by atoms with Crippen molar-refractivity contribution in [3.63, 3.8) is 0 Å². The molecule has 8 heteroatoms. The Morgan fingerprint density at radius 1 is 1.27 bits per heavy atom. The molecule has 1 saturated carbocycles. The van der Waals surface area contributed by atoms with Crippen molar-refractivity contribution in [1.82, 2.24) is 19.9 Å². The number of hydrogen-bond acceptors (Lipinski definition) is 6. The van der Waals surface area contributed by atoms with E-state index in [0.717, 1.165) is 23.2 Å². The van der Waals surface area contributed by atoms with Gasteiger partial charge in [0.2, 0.25) is 11.8 Å². The van der Waals surface area contributed by atoms with Crippen LogP contribution >= 0.6 is 0 Å². The standard InChI is InChI=1S/C22H25N5O3/c1-13-8-18(13)26-20(28)6-7-27-12-25-17-5-4-14(9-16(17)22(27)29)15-10-19(23-2)21(30-3)24-11-15/h4-5,9-13,18,23H,6-8H2,1-3H3,(H,26,28)/t13-,18?/m0/s1. The Morgan fingerprint density at radius 2 is 2.07 bits per heavy atom. The summed E-state index contributed by atoms with van der Waals surface area (Å²) in [7, 11) is 3.37. The van der Waals surface area contributed by atoms with Gasteiger partial charge in [0.15, 0.2) is 0 Å². The van der Waals surface area contributed by atoms with Crippen molar-refractivity contribution in [3.8, 4) is 17.0 Å². The number of ether oxygens (including phenoxy) is 1. The van der Waals surface area contributed by atoms with Crippen molar-refractivity contribution in [2.24, 2.45) is 5.92 Å². The smallest absolute Gasteiger partial charge is 0.261 e. The van der Waals surface area contributed by atoms with E-state index in [4.69, 9.17) is 4.74 Å². The Morgan fingerprint density at radius 3 is 2.77 bits per heavy atom. The van der Waals surface area contributed by atoms with Crippen LogP contribution in [-0.2, 0) is 11.3 Å². The number of carbonyl (C=O) groups excluding carboxylic acids is 1. The molecule has 2 aromatic heterocycles. The summed E-state index contributed by atoms with van der Waals surface area (Å²) < 4.78 is 6.74. The van der Waals surface area contributed by atoms with Gasteiger partial charge in [-0.1, -0.05) is 13.0 Å². The minimum absolute atomic E-state index is 0.0333. The molecule has 0 radical (unpaired) electrons. The van der Waals surface area contributed by atoms with Gasteiger partial charge in [0, 0.05) is 37.8 Å². The molecule has 2 heterocycles. The second-order valence-electron chi connectivity index (χ2n) is 7.64. The fraction of sp³-hybridized carbons (Fsp3) is 0.364. The molecule has 0 aliphatic heterocycles. The summed E-state index contributed by atoms with van der Waals surface area (Å²) in [6, 6.07) is 7.75. The lowest BCUT2D eigenvalue weighted by atomic mass is 10.0. The number of carbonyl (C=O) groups is 1. The molecule has 1 aliphatic rings. The topological polar surface area (TPSA) is 98.1 Å². The molecule has 0 bridgehead atoms. The van der Waals surface area contributed by atoms with Crippen molar-refractivity contribution >= 4 is 22.5 Å².